The maximum Gasteiger partial charge on any atom is 0.0467 e. The molecule has 0 aliphatic heterocycles. The summed E-state index contributed by atoms with van der Waals surface area (Å²) in [4.78, 5) is 2.40. The van der Waals surface area contributed by atoms with E-state index >= 15 is 0 Å². The van der Waals surface area contributed by atoms with E-state index in [-0.39, 0.29) is 5.41 Å². The van der Waals surface area contributed by atoms with Crippen LogP contribution in [0.25, 0.3) is 98.7 Å². The van der Waals surface area contributed by atoms with Gasteiger partial charge in [0.1, 0.15) is 0 Å². The van der Waals surface area contributed by atoms with Crippen LogP contribution in [0.15, 0.2) is 249 Å². The maximum absolute atomic E-state index is 2.40. The lowest BCUT2D eigenvalue weighted by molar-refractivity contribution is 0.662. The predicted molar refractivity (Wildman–Crippen MR) is 290 cm³/mol. The second kappa shape index (κ2) is 15.8. The van der Waals surface area contributed by atoms with Gasteiger partial charge in [-0.2, -0.15) is 0 Å². The van der Waals surface area contributed by atoms with Crippen LogP contribution in [0, 0.1) is 0 Å². The molecular formula is C67H47N. The van der Waals surface area contributed by atoms with E-state index < -0.39 is 0 Å². The van der Waals surface area contributed by atoms with Crippen molar-refractivity contribution in [3.63, 3.8) is 0 Å². The Balaban J connectivity index is 0.914. The van der Waals surface area contributed by atoms with Crippen LogP contribution in [-0.2, 0) is 5.41 Å². The minimum absolute atomic E-state index is 0.105. The zero-order valence-corrected chi connectivity index (χ0v) is 38.1. The van der Waals surface area contributed by atoms with Gasteiger partial charge in [0.2, 0.25) is 0 Å². The summed E-state index contributed by atoms with van der Waals surface area (Å²) in [7, 11) is 0. The number of fused-ring (bicyclic) bond motifs is 10. The Morgan fingerprint density at radius 3 is 1.47 bits per heavy atom. The third-order valence-corrected chi connectivity index (χ3v) is 14.6. The van der Waals surface area contributed by atoms with Gasteiger partial charge in [0.25, 0.3) is 0 Å². The molecule has 0 spiro atoms. The second-order valence-electron chi connectivity index (χ2n) is 18.8. The van der Waals surface area contributed by atoms with Crippen molar-refractivity contribution in [2.45, 2.75) is 19.3 Å². The van der Waals surface area contributed by atoms with Gasteiger partial charge in [-0.3, -0.25) is 0 Å². The van der Waals surface area contributed by atoms with Gasteiger partial charge in [0.05, 0.1) is 0 Å². The fourth-order valence-electron chi connectivity index (χ4n) is 11.4. The molecule has 1 aliphatic carbocycles. The van der Waals surface area contributed by atoms with E-state index in [1.54, 1.807) is 0 Å². The highest BCUT2D eigenvalue weighted by atomic mass is 15.1. The molecule has 0 heterocycles. The summed E-state index contributed by atoms with van der Waals surface area (Å²) >= 11 is 0. The molecule has 13 rings (SSSR count). The second-order valence-corrected chi connectivity index (χ2v) is 18.8. The van der Waals surface area contributed by atoms with Gasteiger partial charge in [-0.1, -0.05) is 214 Å². The predicted octanol–water partition coefficient (Wildman–Crippen LogP) is 18.7. The van der Waals surface area contributed by atoms with Crippen LogP contribution in [0.4, 0.5) is 17.1 Å². The van der Waals surface area contributed by atoms with E-state index in [2.05, 4.69) is 267 Å². The van der Waals surface area contributed by atoms with Crippen molar-refractivity contribution < 1.29 is 0 Å². The van der Waals surface area contributed by atoms with Gasteiger partial charge in [0, 0.05) is 22.5 Å². The highest BCUT2D eigenvalue weighted by molar-refractivity contribution is 6.25. The standard InChI is InChI=1S/C67H47N/c1-67(2)65-30-10-9-26-62(65)63-29-14-28-56(66(63)67)46-33-38-52(39-34-46)68(53-20-12-18-48(42-53)47-17-11-19-50(41-47)55-27-13-16-45-15-3-4-21-54(45)55)51-36-31-44(32-37-51)49-35-40-61-59-24-6-5-22-57(59)58-23-7-8-25-60(58)64(61)43-49/h3-43H,1-2H3. The largest absolute Gasteiger partial charge is 0.310 e. The molecule has 0 radical (unpaired) electrons. The van der Waals surface area contributed by atoms with E-state index in [1.807, 2.05) is 0 Å². The number of hydrogen-bond donors (Lipinski definition) is 0. The van der Waals surface area contributed by atoms with Crippen LogP contribution in [0.3, 0.4) is 0 Å². The Hall–Kier alpha value is -8.52. The van der Waals surface area contributed by atoms with Crippen LogP contribution in [0.5, 0.6) is 0 Å². The average molecular weight is 866 g/mol. The first-order valence-corrected chi connectivity index (χ1v) is 23.7. The van der Waals surface area contributed by atoms with Crippen molar-refractivity contribution in [2.24, 2.45) is 0 Å². The monoisotopic (exact) mass is 865 g/mol. The number of nitrogens with zero attached hydrogens (tertiary/aromatic N) is 1. The number of hydrogen-bond acceptors (Lipinski definition) is 1. The van der Waals surface area contributed by atoms with Crippen LogP contribution in [0.2, 0.25) is 0 Å². The third-order valence-electron chi connectivity index (χ3n) is 14.6. The van der Waals surface area contributed by atoms with Gasteiger partial charge in [-0.05, 0) is 158 Å². The smallest absolute Gasteiger partial charge is 0.0467 e. The lowest BCUT2D eigenvalue weighted by atomic mass is 9.79. The first kappa shape index (κ1) is 39.8. The maximum atomic E-state index is 2.40. The van der Waals surface area contributed by atoms with Gasteiger partial charge >= 0.3 is 0 Å². The number of anilines is 3. The third kappa shape index (κ3) is 6.46. The molecule has 68 heavy (non-hydrogen) atoms. The molecule has 12 aromatic rings. The van der Waals surface area contributed by atoms with Gasteiger partial charge in [0.15, 0.2) is 0 Å². The van der Waals surface area contributed by atoms with E-state index in [0.29, 0.717) is 0 Å². The summed E-state index contributed by atoms with van der Waals surface area (Å²) in [6.07, 6.45) is 0. The molecule has 0 N–H and O–H groups in total. The lowest BCUT2D eigenvalue weighted by Crippen LogP contribution is -2.16. The Kier molecular flexibility index (Phi) is 9.27. The van der Waals surface area contributed by atoms with Crippen LogP contribution in [-0.4, -0.2) is 0 Å². The first-order chi connectivity index (χ1) is 33.5. The molecule has 0 saturated carbocycles. The van der Waals surface area contributed by atoms with Crippen molar-refractivity contribution in [3.8, 4) is 55.6 Å². The van der Waals surface area contributed by atoms with Crippen molar-refractivity contribution in [2.75, 3.05) is 4.90 Å². The molecule has 12 aromatic carbocycles. The fourth-order valence-corrected chi connectivity index (χ4v) is 11.4. The Morgan fingerprint density at radius 2 is 0.735 bits per heavy atom. The Labute approximate surface area is 397 Å². The van der Waals surface area contributed by atoms with Crippen molar-refractivity contribution >= 4 is 60.2 Å². The van der Waals surface area contributed by atoms with Crippen LogP contribution >= 0.6 is 0 Å². The Bertz CT molecular complexity index is 3890. The zero-order valence-electron chi connectivity index (χ0n) is 38.1. The van der Waals surface area contributed by atoms with Crippen LogP contribution in [0.1, 0.15) is 25.0 Å². The fraction of sp³-hybridized carbons (Fsp3) is 0.0448. The van der Waals surface area contributed by atoms with E-state index in [4.69, 9.17) is 0 Å². The summed E-state index contributed by atoms with van der Waals surface area (Å²) in [5, 5.41) is 10.2. The highest BCUT2D eigenvalue weighted by Crippen LogP contribution is 2.52. The molecule has 0 atom stereocenters. The molecule has 1 heteroatoms. The molecule has 320 valence electrons. The Morgan fingerprint density at radius 1 is 0.265 bits per heavy atom. The molecule has 0 unspecified atom stereocenters. The van der Waals surface area contributed by atoms with E-state index in [9.17, 15) is 0 Å². The van der Waals surface area contributed by atoms with Gasteiger partial charge in [-0.25, -0.2) is 0 Å². The topological polar surface area (TPSA) is 3.24 Å². The summed E-state index contributed by atoms with van der Waals surface area (Å²) in [6.45, 7) is 4.74. The molecule has 0 amide bonds. The van der Waals surface area contributed by atoms with Gasteiger partial charge in [-0.15, -0.1) is 0 Å². The molecule has 0 fully saturated rings. The normalized spacial score (nSPS) is 12.7. The summed E-state index contributed by atoms with van der Waals surface area (Å²) in [6, 6.07) is 91.9. The molecule has 1 aliphatic rings. The minimum atomic E-state index is -0.105. The quantitative estimate of drug-likeness (QED) is 0.144. The summed E-state index contributed by atoms with van der Waals surface area (Å²) in [5.41, 5.74) is 18.3. The molecule has 0 saturated heterocycles. The van der Waals surface area contributed by atoms with Crippen molar-refractivity contribution in [3.05, 3.63) is 260 Å². The number of rotatable bonds is 7. The summed E-state index contributed by atoms with van der Waals surface area (Å²) in [5.74, 6) is 0. The molecule has 0 bridgehead atoms. The molecule has 0 aromatic heterocycles. The average Bonchev–Trinajstić information content (AvgIpc) is 3.64. The minimum Gasteiger partial charge on any atom is -0.310 e. The zero-order chi connectivity index (χ0) is 45.3. The molecule has 1 nitrogen and oxygen atoms in total. The van der Waals surface area contributed by atoms with Crippen LogP contribution < -0.4 is 4.90 Å². The first-order valence-electron chi connectivity index (χ1n) is 23.7. The SMILES string of the molecule is CC1(C)c2ccccc2-c2cccc(-c3ccc(N(c4ccc(-c5ccc6c7ccccc7c7ccccc7c6c5)cc4)c4cccc(-c5cccc(-c6cccc7ccccc67)c5)c4)cc3)c21. The van der Waals surface area contributed by atoms with E-state index in [0.717, 1.165) is 17.1 Å². The summed E-state index contributed by atoms with van der Waals surface area (Å²) < 4.78 is 0. The van der Waals surface area contributed by atoms with Crippen molar-refractivity contribution in [1.29, 1.82) is 0 Å². The molecular weight excluding hydrogens is 819 g/mol. The number of benzene rings is 12. The van der Waals surface area contributed by atoms with Crippen molar-refractivity contribution in [1.82, 2.24) is 0 Å². The van der Waals surface area contributed by atoms with Gasteiger partial charge < -0.3 is 4.90 Å². The lowest BCUT2D eigenvalue weighted by Gasteiger charge is -2.27. The highest BCUT2D eigenvalue weighted by Gasteiger charge is 2.37. The van der Waals surface area contributed by atoms with E-state index in [1.165, 1.54) is 110 Å².